The lowest BCUT2D eigenvalue weighted by Gasteiger charge is -2.29. The van der Waals surface area contributed by atoms with Gasteiger partial charge in [-0.05, 0) is 62.1 Å². The molecule has 0 bridgehead atoms. The molecule has 2 aromatic rings. The van der Waals surface area contributed by atoms with Gasteiger partial charge in [0, 0.05) is 30.5 Å². The van der Waals surface area contributed by atoms with Crippen LogP contribution in [0.5, 0.6) is 0 Å². The van der Waals surface area contributed by atoms with Crippen molar-refractivity contribution < 1.29 is 18.0 Å². The highest BCUT2D eigenvalue weighted by atomic mass is 79.9. The average Bonchev–Trinajstić information content (AvgIpc) is 2.78. The fourth-order valence-corrected chi connectivity index (χ4v) is 4.77. The maximum Gasteiger partial charge on any atom is 0.242 e. The molecule has 0 heterocycles. The lowest BCUT2D eigenvalue weighted by Crippen LogP contribution is -2.47. The maximum atomic E-state index is 13.2. The molecule has 0 saturated heterocycles. The first-order chi connectivity index (χ1) is 16.0. The van der Waals surface area contributed by atoms with Crippen LogP contribution in [-0.2, 0) is 26.2 Å². The van der Waals surface area contributed by atoms with Crippen molar-refractivity contribution in [2.24, 2.45) is 0 Å². The molecule has 2 amide bonds. The van der Waals surface area contributed by atoms with Crippen molar-refractivity contribution in [3.05, 3.63) is 64.1 Å². The van der Waals surface area contributed by atoms with Gasteiger partial charge in [-0.3, -0.25) is 13.9 Å². The van der Waals surface area contributed by atoms with Gasteiger partial charge in [0.15, 0.2) is 0 Å². The monoisotopic (exact) mass is 551 g/mol. The highest BCUT2D eigenvalue weighted by Gasteiger charge is 2.26. The molecule has 186 valence electrons. The number of rotatable bonds is 12. The molecule has 2 rings (SSSR count). The smallest absolute Gasteiger partial charge is 0.242 e. The van der Waals surface area contributed by atoms with Gasteiger partial charge in [0.1, 0.15) is 6.04 Å². The van der Waals surface area contributed by atoms with E-state index in [1.807, 2.05) is 56.3 Å². The van der Waals surface area contributed by atoms with Crippen molar-refractivity contribution in [1.29, 1.82) is 0 Å². The average molecular weight is 553 g/mol. The maximum absolute atomic E-state index is 13.2. The number of benzene rings is 2. The van der Waals surface area contributed by atoms with Gasteiger partial charge in [-0.2, -0.15) is 0 Å². The minimum absolute atomic E-state index is 0.125. The minimum Gasteiger partial charge on any atom is -0.354 e. The Morgan fingerprint density at radius 2 is 1.79 bits per heavy atom. The second-order valence-electron chi connectivity index (χ2n) is 8.39. The van der Waals surface area contributed by atoms with Gasteiger partial charge in [0.05, 0.1) is 11.9 Å². The fraction of sp³-hybridized carbons (Fsp3) is 0.440. The number of nitrogens with one attached hydrogen (secondary N) is 1. The third-order valence-corrected chi connectivity index (χ3v) is 7.15. The lowest BCUT2D eigenvalue weighted by atomic mass is 10.1. The van der Waals surface area contributed by atoms with Crippen LogP contribution in [0.15, 0.2) is 53.0 Å². The summed E-state index contributed by atoms with van der Waals surface area (Å²) in [7, 11) is -3.51. The summed E-state index contributed by atoms with van der Waals surface area (Å²) in [5.74, 6) is -0.399. The number of sulfonamides is 1. The van der Waals surface area contributed by atoms with E-state index in [-0.39, 0.29) is 24.8 Å². The summed E-state index contributed by atoms with van der Waals surface area (Å²) >= 11 is 3.41. The van der Waals surface area contributed by atoms with Crippen molar-refractivity contribution in [2.45, 2.75) is 52.6 Å². The lowest BCUT2D eigenvalue weighted by molar-refractivity contribution is -0.140. The summed E-state index contributed by atoms with van der Waals surface area (Å²) < 4.78 is 27.0. The Morgan fingerprint density at radius 1 is 1.12 bits per heavy atom. The topological polar surface area (TPSA) is 86.8 Å². The van der Waals surface area contributed by atoms with E-state index in [0.29, 0.717) is 25.2 Å². The van der Waals surface area contributed by atoms with Crippen LogP contribution in [0.1, 0.15) is 44.2 Å². The molecule has 1 atom stereocenters. The van der Waals surface area contributed by atoms with Crippen LogP contribution >= 0.6 is 15.9 Å². The molecule has 0 aliphatic carbocycles. The predicted molar refractivity (Wildman–Crippen MR) is 140 cm³/mol. The van der Waals surface area contributed by atoms with Crippen molar-refractivity contribution >= 4 is 43.5 Å². The summed E-state index contributed by atoms with van der Waals surface area (Å²) in [6, 6.07) is 14.2. The second-order valence-corrected chi connectivity index (χ2v) is 11.2. The van der Waals surface area contributed by atoms with E-state index in [1.165, 1.54) is 4.31 Å². The quantitative estimate of drug-likeness (QED) is 0.427. The molecule has 0 unspecified atom stereocenters. The Balaban J connectivity index is 2.14. The first-order valence-electron chi connectivity index (χ1n) is 11.4. The molecule has 34 heavy (non-hydrogen) atoms. The van der Waals surface area contributed by atoms with Crippen molar-refractivity contribution in [2.75, 3.05) is 23.7 Å². The van der Waals surface area contributed by atoms with E-state index < -0.39 is 16.1 Å². The third-order valence-electron chi connectivity index (χ3n) is 5.42. The number of amides is 2. The molecule has 0 saturated carbocycles. The summed E-state index contributed by atoms with van der Waals surface area (Å²) in [4.78, 5) is 27.4. The normalized spacial score (nSPS) is 12.1. The van der Waals surface area contributed by atoms with E-state index in [0.717, 1.165) is 28.3 Å². The largest absolute Gasteiger partial charge is 0.354 e. The zero-order valence-electron chi connectivity index (χ0n) is 20.3. The Hall–Kier alpha value is -2.39. The van der Waals surface area contributed by atoms with Gasteiger partial charge in [-0.15, -0.1) is 0 Å². The molecule has 7 nitrogen and oxygen atoms in total. The molecular weight excluding hydrogens is 518 g/mol. The van der Waals surface area contributed by atoms with Gasteiger partial charge >= 0.3 is 0 Å². The van der Waals surface area contributed by atoms with Crippen LogP contribution < -0.4 is 9.62 Å². The summed E-state index contributed by atoms with van der Waals surface area (Å²) in [6.45, 7) is 6.60. The van der Waals surface area contributed by atoms with E-state index in [4.69, 9.17) is 0 Å². The number of halogens is 1. The van der Waals surface area contributed by atoms with Gasteiger partial charge in [-0.25, -0.2) is 8.42 Å². The van der Waals surface area contributed by atoms with Crippen molar-refractivity contribution in [1.82, 2.24) is 10.2 Å². The summed E-state index contributed by atoms with van der Waals surface area (Å²) in [6.07, 6.45) is 2.43. The van der Waals surface area contributed by atoms with Gasteiger partial charge < -0.3 is 10.2 Å². The van der Waals surface area contributed by atoms with E-state index in [1.54, 1.807) is 17.9 Å². The first-order valence-corrected chi connectivity index (χ1v) is 14.0. The van der Waals surface area contributed by atoms with Crippen LogP contribution in [0.2, 0.25) is 0 Å². The third kappa shape index (κ3) is 8.43. The molecule has 0 aliphatic heterocycles. The standard InChI is InChI=1S/C25H34BrN3O4S/c1-5-15-27-25(31)20(3)28(18-21-11-13-22(26)14-12-21)24(30)10-7-16-29(34(4,32)33)23-9-6-8-19(2)17-23/h6,8-9,11-14,17,20H,5,7,10,15-16,18H2,1-4H3,(H,27,31)/t20-/m1/s1. The Labute approximate surface area is 211 Å². The molecule has 0 spiro atoms. The Kier molecular flexibility index (Phi) is 10.6. The van der Waals surface area contributed by atoms with Crippen LogP contribution in [-0.4, -0.2) is 50.5 Å². The summed E-state index contributed by atoms with van der Waals surface area (Å²) in [5.41, 5.74) is 2.44. The highest BCUT2D eigenvalue weighted by Crippen LogP contribution is 2.20. The van der Waals surface area contributed by atoms with Gasteiger partial charge in [0.2, 0.25) is 21.8 Å². The molecule has 2 aromatic carbocycles. The number of hydrogen-bond donors (Lipinski definition) is 1. The van der Waals surface area contributed by atoms with Crippen LogP contribution in [0.25, 0.3) is 0 Å². The number of aryl methyl sites for hydroxylation is 1. The molecule has 1 N–H and O–H groups in total. The van der Waals surface area contributed by atoms with Gasteiger partial charge in [0.25, 0.3) is 0 Å². The highest BCUT2D eigenvalue weighted by molar-refractivity contribution is 9.10. The van der Waals surface area contributed by atoms with E-state index in [9.17, 15) is 18.0 Å². The molecule has 9 heteroatoms. The zero-order valence-corrected chi connectivity index (χ0v) is 22.7. The molecular formula is C25H34BrN3O4S. The van der Waals surface area contributed by atoms with Gasteiger partial charge in [-0.1, -0.05) is 47.1 Å². The minimum atomic E-state index is -3.51. The zero-order chi connectivity index (χ0) is 25.3. The number of carbonyl (C=O) groups excluding carboxylic acids is 2. The van der Waals surface area contributed by atoms with Crippen molar-refractivity contribution in [3.8, 4) is 0 Å². The van der Waals surface area contributed by atoms with Crippen LogP contribution in [0.4, 0.5) is 5.69 Å². The Morgan fingerprint density at radius 3 is 2.38 bits per heavy atom. The van der Waals surface area contributed by atoms with E-state index >= 15 is 0 Å². The summed E-state index contributed by atoms with van der Waals surface area (Å²) in [5, 5.41) is 2.86. The number of anilines is 1. The number of hydrogen-bond acceptors (Lipinski definition) is 4. The fourth-order valence-electron chi connectivity index (χ4n) is 3.55. The second kappa shape index (κ2) is 12.9. The number of carbonyl (C=O) groups is 2. The molecule has 0 fully saturated rings. The SMILES string of the molecule is CCCNC(=O)[C@@H](C)N(Cc1ccc(Br)cc1)C(=O)CCCN(c1cccc(C)c1)S(C)(=O)=O. The van der Waals surface area contributed by atoms with Crippen molar-refractivity contribution in [3.63, 3.8) is 0 Å². The number of nitrogens with zero attached hydrogens (tertiary/aromatic N) is 2. The molecule has 0 radical (unpaired) electrons. The van der Waals surface area contributed by atoms with Crippen LogP contribution in [0, 0.1) is 6.92 Å². The predicted octanol–water partition coefficient (Wildman–Crippen LogP) is 4.25. The molecule has 0 aliphatic rings. The molecule has 0 aromatic heterocycles. The first kappa shape index (κ1) is 27.9. The Bertz CT molecular complexity index is 1070. The van der Waals surface area contributed by atoms with E-state index in [2.05, 4.69) is 21.2 Å². The van der Waals surface area contributed by atoms with Crippen LogP contribution in [0.3, 0.4) is 0 Å².